The number of likely N-dealkylation sites (tertiary alicyclic amines) is 1. The fourth-order valence-corrected chi connectivity index (χ4v) is 2.78. The number of carboxylic acid groups (broad SMARTS) is 1. The summed E-state index contributed by atoms with van der Waals surface area (Å²) in [4.78, 5) is 36.5. The summed E-state index contributed by atoms with van der Waals surface area (Å²) in [6.45, 7) is 3.55. The molecule has 2 N–H and O–H groups in total. The number of hydrogen-bond acceptors (Lipinski definition) is 3. The summed E-state index contributed by atoms with van der Waals surface area (Å²) in [5.74, 6) is -2.45. The molecule has 3 unspecified atom stereocenters. The monoisotopic (exact) mass is 356 g/mol. The van der Waals surface area contributed by atoms with Gasteiger partial charge in [0.1, 0.15) is 11.5 Å². The van der Waals surface area contributed by atoms with Gasteiger partial charge in [-0.05, 0) is 17.7 Å². The van der Waals surface area contributed by atoms with Gasteiger partial charge in [0.25, 0.3) is 11.8 Å². The van der Waals surface area contributed by atoms with E-state index in [0.29, 0.717) is 5.56 Å². The predicted molar refractivity (Wildman–Crippen MR) is 85.5 cm³/mol. The van der Waals surface area contributed by atoms with Gasteiger partial charge >= 0.3 is 5.97 Å². The molecule has 2 amide bonds. The smallest absolute Gasteiger partial charge is 0.330 e. The molecule has 0 radical (unpaired) electrons. The first-order valence-electron chi connectivity index (χ1n) is 6.67. The van der Waals surface area contributed by atoms with Crippen LogP contribution in [-0.4, -0.2) is 51.3 Å². The molecule has 1 saturated heterocycles. The number of benzene rings is 1. The van der Waals surface area contributed by atoms with Crippen LogP contribution in [0.4, 0.5) is 0 Å². The average molecular weight is 357 g/mol. The van der Waals surface area contributed by atoms with E-state index in [9.17, 15) is 19.5 Å². The van der Waals surface area contributed by atoms with E-state index in [1.165, 1.54) is 0 Å². The van der Waals surface area contributed by atoms with E-state index >= 15 is 0 Å². The highest BCUT2D eigenvalue weighted by Crippen LogP contribution is 2.29. The Labute approximate surface area is 142 Å². The average Bonchev–Trinajstić information content (AvgIpc) is 2.56. The van der Waals surface area contributed by atoms with Crippen molar-refractivity contribution in [3.05, 3.63) is 48.0 Å². The van der Waals surface area contributed by atoms with Gasteiger partial charge in [-0.25, -0.2) is 4.79 Å². The zero-order valence-corrected chi connectivity index (χ0v) is 13.4. The molecule has 6 nitrogen and oxygen atoms in total. The fourth-order valence-electron chi connectivity index (χ4n) is 2.26. The molecule has 0 aliphatic carbocycles. The lowest BCUT2D eigenvalue weighted by Crippen LogP contribution is -2.72. The first-order valence-corrected chi connectivity index (χ1v) is 7.64. The number of aliphatic carboxylic acids is 1. The topological polar surface area (TPSA) is 86.7 Å². The Kier molecular flexibility index (Phi) is 5.28. The van der Waals surface area contributed by atoms with E-state index in [1.54, 1.807) is 30.3 Å². The number of carboxylic acids is 1. The van der Waals surface area contributed by atoms with E-state index in [2.05, 4.69) is 11.9 Å². The molecular weight excluding hydrogens is 343 g/mol. The lowest BCUT2D eigenvalue weighted by Gasteiger charge is -2.46. The highest BCUT2D eigenvalue weighted by Gasteiger charge is 2.52. The number of rotatable bonds is 6. The van der Waals surface area contributed by atoms with Crippen LogP contribution in [0.2, 0.25) is 0 Å². The van der Waals surface area contributed by atoms with Gasteiger partial charge in [-0.3, -0.25) is 9.59 Å². The van der Waals surface area contributed by atoms with Crippen molar-refractivity contribution in [3.8, 4) is 0 Å². The standard InChI is InChI=1S/C15H14Cl2N2O4/c1-8(7-16)11(15(22)23)19-12(17)10(14(19)21)18-13(20)9-5-3-2-4-6-9/h2-6,10-12H,1,7H2,(H,18,20)(H,22,23). The largest absolute Gasteiger partial charge is 0.479 e. The van der Waals surface area contributed by atoms with E-state index < -0.39 is 35.4 Å². The number of hydrogen-bond donors (Lipinski definition) is 2. The molecule has 0 bridgehead atoms. The van der Waals surface area contributed by atoms with Crippen LogP contribution in [0.25, 0.3) is 0 Å². The molecule has 0 aromatic heterocycles. The van der Waals surface area contributed by atoms with Crippen LogP contribution in [0.5, 0.6) is 0 Å². The first kappa shape index (κ1) is 17.3. The SMILES string of the molecule is C=C(CCl)C(C(=O)O)N1C(=O)C(NC(=O)c2ccccc2)C1Cl. The minimum atomic E-state index is -1.31. The molecule has 0 saturated carbocycles. The molecule has 1 aliphatic heterocycles. The summed E-state index contributed by atoms with van der Waals surface area (Å²) in [5.41, 5.74) is -0.468. The van der Waals surface area contributed by atoms with Crippen LogP contribution in [0.3, 0.4) is 0 Å². The Morgan fingerprint density at radius 3 is 2.43 bits per heavy atom. The molecule has 1 heterocycles. The molecule has 2 rings (SSSR count). The number of carbonyl (C=O) groups excluding carboxylic acids is 2. The number of amides is 2. The maximum Gasteiger partial charge on any atom is 0.330 e. The molecule has 0 spiro atoms. The van der Waals surface area contributed by atoms with Gasteiger partial charge in [-0.15, -0.1) is 11.6 Å². The number of carbonyl (C=O) groups is 3. The molecule has 1 fully saturated rings. The van der Waals surface area contributed by atoms with Crippen molar-refractivity contribution in [1.29, 1.82) is 0 Å². The van der Waals surface area contributed by atoms with Gasteiger partial charge in [0.15, 0.2) is 6.04 Å². The van der Waals surface area contributed by atoms with Crippen LogP contribution in [-0.2, 0) is 9.59 Å². The van der Waals surface area contributed by atoms with Crippen molar-refractivity contribution in [2.75, 3.05) is 5.88 Å². The third-order valence-corrected chi connectivity index (χ3v) is 4.26. The number of nitrogens with one attached hydrogen (secondary N) is 1. The van der Waals surface area contributed by atoms with Crippen LogP contribution in [0.1, 0.15) is 10.4 Å². The summed E-state index contributed by atoms with van der Waals surface area (Å²) >= 11 is 11.7. The highest BCUT2D eigenvalue weighted by atomic mass is 35.5. The molecule has 8 heteroatoms. The molecule has 122 valence electrons. The lowest BCUT2D eigenvalue weighted by molar-refractivity contribution is -0.158. The second-order valence-electron chi connectivity index (χ2n) is 4.97. The Balaban J connectivity index is 2.09. The first-order chi connectivity index (χ1) is 10.9. The van der Waals surface area contributed by atoms with Gasteiger partial charge in [0, 0.05) is 11.4 Å². The third kappa shape index (κ3) is 3.33. The maximum atomic E-state index is 12.2. The predicted octanol–water partition coefficient (Wildman–Crippen LogP) is 1.44. The van der Waals surface area contributed by atoms with E-state index in [4.69, 9.17) is 23.2 Å². The minimum absolute atomic E-state index is 0.120. The van der Waals surface area contributed by atoms with Crippen molar-refractivity contribution in [2.24, 2.45) is 0 Å². The summed E-state index contributed by atoms with van der Waals surface area (Å²) in [6.07, 6.45) is 0. The quantitative estimate of drug-likeness (QED) is 0.349. The Morgan fingerprint density at radius 1 is 1.35 bits per heavy atom. The fraction of sp³-hybridized carbons (Fsp3) is 0.267. The molecule has 1 aliphatic rings. The van der Waals surface area contributed by atoms with Gasteiger partial charge in [-0.2, -0.15) is 0 Å². The van der Waals surface area contributed by atoms with E-state index in [-0.39, 0.29) is 11.5 Å². The highest BCUT2D eigenvalue weighted by molar-refractivity contribution is 6.27. The van der Waals surface area contributed by atoms with Gasteiger partial charge in [0.2, 0.25) is 0 Å². The van der Waals surface area contributed by atoms with Crippen LogP contribution >= 0.6 is 23.2 Å². The summed E-state index contributed by atoms with van der Waals surface area (Å²) in [7, 11) is 0. The van der Waals surface area contributed by atoms with E-state index in [1.807, 2.05) is 0 Å². The Morgan fingerprint density at radius 2 is 1.96 bits per heavy atom. The van der Waals surface area contributed by atoms with E-state index in [0.717, 1.165) is 4.90 Å². The van der Waals surface area contributed by atoms with Crippen molar-refractivity contribution >= 4 is 41.0 Å². The number of β-lactam (4-membered cyclic amide) rings is 1. The van der Waals surface area contributed by atoms with Crippen molar-refractivity contribution in [3.63, 3.8) is 0 Å². The Bertz CT molecular complexity index is 650. The number of alkyl halides is 2. The second kappa shape index (κ2) is 7.02. The third-order valence-electron chi connectivity index (χ3n) is 3.45. The molecular formula is C15H14Cl2N2O4. The van der Waals surface area contributed by atoms with Crippen LogP contribution in [0.15, 0.2) is 42.5 Å². The van der Waals surface area contributed by atoms with Gasteiger partial charge in [0.05, 0.1) is 0 Å². The van der Waals surface area contributed by atoms with Gasteiger partial charge in [-0.1, -0.05) is 36.4 Å². The lowest BCUT2D eigenvalue weighted by atomic mass is 9.99. The number of halogens is 2. The maximum absolute atomic E-state index is 12.2. The second-order valence-corrected chi connectivity index (χ2v) is 5.68. The molecule has 1 aromatic carbocycles. The normalized spacial score (nSPS) is 21.3. The van der Waals surface area contributed by atoms with Gasteiger partial charge < -0.3 is 15.3 Å². The van der Waals surface area contributed by atoms with Crippen molar-refractivity contribution in [2.45, 2.75) is 17.6 Å². The van der Waals surface area contributed by atoms with Crippen molar-refractivity contribution in [1.82, 2.24) is 10.2 Å². The van der Waals surface area contributed by atoms with Crippen molar-refractivity contribution < 1.29 is 19.5 Å². The zero-order valence-electron chi connectivity index (χ0n) is 11.9. The Hall–Kier alpha value is -2.05. The number of nitrogens with zero attached hydrogens (tertiary/aromatic N) is 1. The zero-order chi connectivity index (χ0) is 17.1. The summed E-state index contributed by atoms with van der Waals surface area (Å²) < 4.78 is 0. The molecule has 3 atom stereocenters. The molecule has 1 aromatic rings. The summed E-state index contributed by atoms with van der Waals surface area (Å²) in [6, 6.07) is 6.01. The van der Waals surface area contributed by atoms with Crippen LogP contribution in [0, 0.1) is 0 Å². The summed E-state index contributed by atoms with van der Waals surface area (Å²) in [5, 5.41) is 11.7. The minimum Gasteiger partial charge on any atom is -0.479 e. The molecule has 23 heavy (non-hydrogen) atoms. The van der Waals surface area contributed by atoms with Crippen LogP contribution < -0.4 is 5.32 Å².